The van der Waals surface area contributed by atoms with E-state index in [1.54, 1.807) is 0 Å². The number of carbonyl (C=O) groups excluding carboxylic acids is 1. The van der Waals surface area contributed by atoms with E-state index in [0.717, 1.165) is 18.7 Å². The van der Waals surface area contributed by atoms with E-state index in [1.807, 2.05) is 51.1 Å². The molecule has 1 atom stereocenters. The molecule has 0 heterocycles. The van der Waals surface area contributed by atoms with Crippen LogP contribution in [-0.2, 0) is 16.1 Å². The van der Waals surface area contributed by atoms with Crippen LogP contribution in [0.3, 0.4) is 0 Å². The van der Waals surface area contributed by atoms with E-state index in [2.05, 4.69) is 4.90 Å². The van der Waals surface area contributed by atoms with Crippen LogP contribution >= 0.6 is 0 Å². The number of carbonyl (C=O) groups is 1. The second-order valence-corrected chi connectivity index (χ2v) is 3.99. The fourth-order valence-electron chi connectivity index (χ4n) is 1.77. The van der Waals surface area contributed by atoms with Gasteiger partial charge in [0.05, 0.1) is 0 Å². The molecular formula is C14H21NO2. The van der Waals surface area contributed by atoms with Crippen molar-refractivity contribution in [2.45, 2.75) is 33.4 Å². The maximum atomic E-state index is 11.8. The van der Waals surface area contributed by atoms with Gasteiger partial charge in [0.1, 0.15) is 12.6 Å². The number of ether oxygens (including phenoxy) is 1. The van der Waals surface area contributed by atoms with Gasteiger partial charge in [-0.05, 0) is 25.6 Å². The maximum Gasteiger partial charge on any atom is 0.323 e. The van der Waals surface area contributed by atoms with Gasteiger partial charge in [0.25, 0.3) is 0 Å². The van der Waals surface area contributed by atoms with Gasteiger partial charge in [0.2, 0.25) is 0 Å². The minimum Gasteiger partial charge on any atom is -0.460 e. The lowest BCUT2D eigenvalue weighted by atomic mass is 10.2. The first-order chi connectivity index (χ1) is 8.19. The third kappa shape index (κ3) is 4.19. The highest BCUT2D eigenvalue weighted by molar-refractivity contribution is 5.75. The maximum absolute atomic E-state index is 11.8. The number of esters is 1. The molecule has 0 amide bonds. The number of benzene rings is 1. The lowest BCUT2D eigenvalue weighted by molar-refractivity contribution is -0.150. The van der Waals surface area contributed by atoms with Crippen LogP contribution < -0.4 is 0 Å². The molecule has 0 saturated heterocycles. The predicted molar refractivity (Wildman–Crippen MR) is 68.6 cm³/mol. The largest absolute Gasteiger partial charge is 0.460 e. The number of hydrogen-bond acceptors (Lipinski definition) is 3. The van der Waals surface area contributed by atoms with Crippen molar-refractivity contribution in [3.63, 3.8) is 0 Å². The Labute approximate surface area is 103 Å². The van der Waals surface area contributed by atoms with Crippen molar-refractivity contribution >= 4 is 5.97 Å². The highest BCUT2D eigenvalue weighted by atomic mass is 16.5. The summed E-state index contributed by atoms with van der Waals surface area (Å²) in [6, 6.07) is 9.57. The van der Waals surface area contributed by atoms with Crippen LogP contribution in [0, 0.1) is 0 Å². The molecule has 3 heteroatoms. The second kappa shape index (κ2) is 7.07. The third-order valence-electron chi connectivity index (χ3n) is 2.93. The third-order valence-corrected chi connectivity index (χ3v) is 2.93. The number of nitrogens with zero attached hydrogens (tertiary/aromatic N) is 1. The molecule has 1 unspecified atom stereocenters. The van der Waals surface area contributed by atoms with E-state index in [0.29, 0.717) is 6.61 Å². The zero-order valence-corrected chi connectivity index (χ0v) is 10.8. The monoisotopic (exact) mass is 235 g/mol. The summed E-state index contributed by atoms with van der Waals surface area (Å²) in [6.45, 7) is 8.05. The van der Waals surface area contributed by atoms with Crippen LogP contribution in [0.4, 0.5) is 0 Å². The normalized spacial score (nSPS) is 12.5. The van der Waals surface area contributed by atoms with Gasteiger partial charge in [0, 0.05) is 0 Å². The van der Waals surface area contributed by atoms with Crippen LogP contribution in [0.5, 0.6) is 0 Å². The molecule has 0 aromatic heterocycles. The van der Waals surface area contributed by atoms with Gasteiger partial charge in [-0.2, -0.15) is 0 Å². The first-order valence-electron chi connectivity index (χ1n) is 6.13. The average Bonchev–Trinajstić information content (AvgIpc) is 2.38. The second-order valence-electron chi connectivity index (χ2n) is 3.99. The highest BCUT2D eigenvalue weighted by Crippen LogP contribution is 2.05. The predicted octanol–water partition coefficient (Wildman–Crippen LogP) is 2.46. The molecule has 17 heavy (non-hydrogen) atoms. The summed E-state index contributed by atoms with van der Waals surface area (Å²) < 4.78 is 5.29. The number of hydrogen-bond donors (Lipinski definition) is 0. The smallest absolute Gasteiger partial charge is 0.323 e. The molecule has 1 rings (SSSR count). The zero-order valence-electron chi connectivity index (χ0n) is 10.8. The molecule has 0 fully saturated rings. The summed E-state index contributed by atoms with van der Waals surface area (Å²) in [7, 11) is 0. The highest BCUT2D eigenvalue weighted by Gasteiger charge is 2.19. The molecule has 0 bridgehead atoms. The Morgan fingerprint density at radius 2 is 1.82 bits per heavy atom. The van der Waals surface area contributed by atoms with Crippen molar-refractivity contribution in [1.29, 1.82) is 0 Å². The van der Waals surface area contributed by atoms with Crippen LogP contribution in [0.25, 0.3) is 0 Å². The van der Waals surface area contributed by atoms with Gasteiger partial charge in [0.15, 0.2) is 0 Å². The fraction of sp³-hybridized carbons (Fsp3) is 0.500. The van der Waals surface area contributed by atoms with Crippen molar-refractivity contribution in [2.75, 3.05) is 13.1 Å². The Balaban J connectivity index is 2.44. The van der Waals surface area contributed by atoms with Gasteiger partial charge < -0.3 is 4.74 Å². The minimum absolute atomic E-state index is 0.155. The topological polar surface area (TPSA) is 29.5 Å². The molecule has 3 nitrogen and oxygen atoms in total. The van der Waals surface area contributed by atoms with Crippen LogP contribution in [-0.4, -0.2) is 30.0 Å². The molecule has 1 aromatic rings. The molecule has 0 N–H and O–H groups in total. The molecular weight excluding hydrogens is 214 g/mol. The van der Waals surface area contributed by atoms with E-state index in [9.17, 15) is 4.79 Å². The van der Waals surface area contributed by atoms with E-state index in [-0.39, 0.29) is 12.0 Å². The van der Waals surface area contributed by atoms with Crippen molar-refractivity contribution in [3.8, 4) is 0 Å². The van der Waals surface area contributed by atoms with E-state index in [1.165, 1.54) is 0 Å². The van der Waals surface area contributed by atoms with Crippen molar-refractivity contribution < 1.29 is 9.53 Å². The Hall–Kier alpha value is -1.35. The minimum atomic E-state index is -0.172. The Morgan fingerprint density at radius 3 is 2.35 bits per heavy atom. The van der Waals surface area contributed by atoms with E-state index >= 15 is 0 Å². The number of rotatable bonds is 6. The van der Waals surface area contributed by atoms with Crippen molar-refractivity contribution in [1.82, 2.24) is 4.90 Å². The molecule has 0 spiro atoms. The molecule has 0 aliphatic rings. The van der Waals surface area contributed by atoms with E-state index in [4.69, 9.17) is 4.74 Å². The van der Waals surface area contributed by atoms with Gasteiger partial charge in [-0.25, -0.2) is 0 Å². The Kier molecular flexibility index (Phi) is 5.70. The molecule has 0 aliphatic heterocycles. The lowest BCUT2D eigenvalue weighted by Gasteiger charge is -2.24. The summed E-state index contributed by atoms with van der Waals surface area (Å²) >= 11 is 0. The summed E-state index contributed by atoms with van der Waals surface area (Å²) in [4.78, 5) is 13.9. The number of likely N-dealkylation sites (N-methyl/N-ethyl adjacent to an activating group) is 1. The molecule has 0 aliphatic carbocycles. The summed E-state index contributed by atoms with van der Waals surface area (Å²) in [6.07, 6.45) is 0. The first-order valence-corrected chi connectivity index (χ1v) is 6.13. The zero-order chi connectivity index (χ0) is 12.7. The van der Waals surface area contributed by atoms with Crippen LogP contribution in [0.15, 0.2) is 30.3 Å². The molecule has 94 valence electrons. The summed E-state index contributed by atoms with van der Waals surface area (Å²) in [5, 5.41) is 0. The van der Waals surface area contributed by atoms with Gasteiger partial charge in [-0.3, -0.25) is 9.69 Å². The lowest BCUT2D eigenvalue weighted by Crippen LogP contribution is -2.39. The summed E-state index contributed by atoms with van der Waals surface area (Å²) in [5.41, 5.74) is 1.02. The van der Waals surface area contributed by atoms with Gasteiger partial charge in [-0.15, -0.1) is 0 Å². The van der Waals surface area contributed by atoms with Crippen LogP contribution in [0.1, 0.15) is 26.3 Å². The van der Waals surface area contributed by atoms with Gasteiger partial charge >= 0.3 is 5.97 Å². The Morgan fingerprint density at radius 1 is 1.24 bits per heavy atom. The summed E-state index contributed by atoms with van der Waals surface area (Å²) in [5.74, 6) is -0.155. The van der Waals surface area contributed by atoms with Crippen molar-refractivity contribution in [3.05, 3.63) is 35.9 Å². The molecule has 0 radical (unpaired) electrons. The van der Waals surface area contributed by atoms with Gasteiger partial charge in [-0.1, -0.05) is 44.2 Å². The SMILES string of the molecule is CCN(CC)C(C)C(=O)OCc1ccccc1. The standard InChI is InChI=1S/C14H21NO2/c1-4-15(5-2)12(3)14(16)17-11-13-9-7-6-8-10-13/h6-10,12H,4-5,11H2,1-3H3. The molecule has 0 saturated carbocycles. The fourth-order valence-corrected chi connectivity index (χ4v) is 1.77. The molecule has 1 aromatic carbocycles. The van der Waals surface area contributed by atoms with Crippen molar-refractivity contribution in [2.24, 2.45) is 0 Å². The van der Waals surface area contributed by atoms with E-state index < -0.39 is 0 Å². The van der Waals surface area contributed by atoms with Crippen LogP contribution in [0.2, 0.25) is 0 Å². The average molecular weight is 235 g/mol. The first kappa shape index (κ1) is 13.7. The Bertz CT molecular complexity index is 333. The quantitative estimate of drug-likeness (QED) is 0.709.